The van der Waals surface area contributed by atoms with Crippen molar-refractivity contribution in [2.24, 2.45) is 0 Å². The zero-order valence-corrected chi connectivity index (χ0v) is 18.7. The van der Waals surface area contributed by atoms with Crippen LogP contribution in [0, 0.1) is 6.92 Å². The molecule has 0 atom stereocenters. The number of aryl methyl sites for hydroxylation is 1. The Labute approximate surface area is 185 Å². The lowest BCUT2D eigenvalue weighted by Gasteiger charge is -2.13. The first kappa shape index (κ1) is 22.2. The summed E-state index contributed by atoms with van der Waals surface area (Å²) in [4.78, 5) is 13.5. The number of para-hydroxylation sites is 1. The number of hydrogen-bond acceptors (Lipinski definition) is 4. The molecule has 0 aliphatic carbocycles. The minimum absolute atomic E-state index is 0.0484. The van der Waals surface area contributed by atoms with Crippen molar-refractivity contribution in [2.45, 2.75) is 16.7 Å². The molecule has 156 valence electrons. The third kappa shape index (κ3) is 5.78. The van der Waals surface area contributed by atoms with Crippen LogP contribution >= 0.6 is 23.4 Å². The number of nitrogens with one attached hydrogen (secondary N) is 2. The average molecular weight is 461 g/mol. The van der Waals surface area contributed by atoms with Gasteiger partial charge >= 0.3 is 0 Å². The summed E-state index contributed by atoms with van der Waals surface area (Å²) in [5, 5.41) is 2.86. The molecular weight excluding hydrogens is 440 g/mol. The summed E-state index contributed by atoms with van der Waals surface area (Å²) >= 11 is 7.76. The van der Waals surface area contributed by atoms with E-state index in [0.29, 0.717) is 18.0 Å². The molecule has 30 heavy (non-hydrogen) atoms. The summed E-state index contributed by atoms with van der Waals surface area (Å²) in [5.74, 6) is 0.344. The average Bonchev–Trinajstić information content (AvgIpc) is 2.73. The number of halogens is 1. The molecular formula is C22H21ClN2O3S2. The van der Waals surface area contributed by atoms with Crippen molar-refractivity contribution in [1.29, 1.82) is 0 Å². The Balaban J connectivity index is 1.68. The number of sulfonamides is 1. The normalized spacial score (nSPS) is 11.1. The van der Waals surface area contributed by atoms with Gasteiger partial charge in [-0.15, -0.1) is 11.8 Å². The van der Waals surface area contributed by atoms with Crippen molar-refractivity contribution in [3.8, 4) is 0 Å². The molecule has 0 spiro atoms. The van der Waals surface area contributed by atoms with Crippen LogP contribution in [0.1, 0.15) is 15.9 Å². The van der Waals surface area contributed by atoms with Gasteiger partial charge in [0.1, 0.15) is 4.90 Å². The number of anilines is 1. The molecule has 0 bridgehead atoms. The van der Waals surface area contributed by atoms with E-state index in [1.54, 1.807) is 36.9 Å². The van der Waals surface area contributed by atoms with Crippen LogP contribution in [0.25, 0.3) is 0 Å². The van der Waals surface area contributed by atoms with Crippen molar-refractivity contribution in [3.05, 3.63) is 88.9 Å². The first-order valence-electron chi connectivity index (χ1n) is 9.21. The smallest absolute Gasteiger partial charge is 0.263 e. The summed E-state index contributed by atoms with van der Waals surface area (Å²) < 4.78 is 28.2. The van der Waals surface area contributed by atoms with Crippen molar-refractivity contribution in [1.82, 2.24) is 5.32 Å². The quantitative estimate of drug-likeness (QED) is 0.367. The second kappa shape index (κ2) is 10.0. The number of amides is 1. The van der Waals surface area contributed by atoms with Gasteiger partial charge in [0.2, 0.25) is 0 Å². The van der Waals surface area contributed by atoms with Gasteiger partial charge < -0.3 is 5.32 Å². The van der Waals surface area contributed by atoms with E-state index in [1.807, 2.05) is 36.4 Å². The second-order valence-electron chi connectivity index (χ2n) is 6.48. The minimum Gasteiger partial charge on any atom is -0.351 e. The summed E-state index contributed by atoms with van der Waals surface area (Å²) in [6.07, 6.45) is 0. The lowest BCUT2D eigenvalue weighted by Crippen LogP contribution is -2.26. The van der Waals surface area contributed by atoms with Gasteiger partial charge in [-0.05, 0) is 48.9 Å². The minimum atomic E-state index is -3.95. The molecule has 0 fully saturated rings. The molecule has 0 aromatic heterocycles. The van der Waals surface area contributed by atoms with E-state index in [1.165, 1.54) is 18.2 Å². The van der Waals surface area contributed by atoms with Crippen molar-refractivity contribution in [3.63, 3.8) is 0 Å². The van der Waals surface area contributed by atoms with Crippen LogP contribution in [0.2, 0.25) is 5.02 Å². The van der Waals surface area contributed by atoms with Crippen LogP contribution in [0.15, 0.2) is 82.6 Å². The van der Waals surface area contributed by atoms with Gasteiger partial charge in [0.05, 0.1) is 10.7 Å². The molecule has 3 aromatic rings. The van der Waals surface area contributed by atoms with Gasteiger partial charge in [0.15, 0.2) is 0 Å². The first-order chi connectivity index (χ1) is 14.4. The number of carbonyl (C=O) groups is 1. The third-order valence-electron chi connectivity index (χ3n) is 4.27. The highest BCUT2D eigenvalue weighted by Crippen LogP contribution is 2.26. The molecule has 3 aromatic carbocycles. The lowest BCUT2D eigenvalue weighted by molar-refractivity contribution is 0.0956. The third-order valence-corrected chi connectivity index (χ3v) is 7.13. The predicted octanol–water partition coefficient (Wildman–Crippen LogP) is 4.97. The molecule has 2 N–H and O–H groups in total. The Morgan fingerprint density at radius 1 is 1.00 bits per heavy atom. The van der Waals surface area contributed by atoms with Gasteiger partial charge in [0.25, 0.3) is 15.9 Å². The number of carbonyl (C=O) groups excluding carboxylic acids is 1. The monoisotopic (exact) mass is 460 g/mol. The molecule has 0 radical (unpaired) electrons. The lowest BCUT2D eigenvalue weighted by atomic mass is 10.2. The van der Waals surface area contributed by atoms with Gasteiger partial charge in [-0.3, -0.25) is 9.52 Å². The highest BCUT2D eigenvalue weighted by molar-refractivity contribution is 7.99. The molecule has 0 aliphatic rings. The van der Waals surface area contributed by atoms with E-state index < -0.39 is 10.0 Å². The molecule has 1 amide bonds. The second-order valence-corrected chi connectivity index (χ2v) is 9.71. The standard InChI is InChI=1S/C22H21ClN2O3S2/c1-16-7-5-6-10-20(16)25-30(27,28)21-15-17(11-12-19(21)23)22(26)24-13-14-29-18-8-3-2-4-9-18/h2-12,15,25H,13-14H2,1H3,(H,24,26). The fourth-order valence-corrected chi connectivity index (χ4v) is 5.14. The Hall–Kier alpha value is -2.48. The largest absolute Gasteiger partial charge is 0.351 e. The summed E-state index contributed by atoms with van der Waals surface area (Å²) in [7, 11) is -3.95. The highest BCUT2D eigenvalue weighted by atomic mass is 35.5. The number of thioether (sulfide) groups is 1. The summed E-state index contributed by atoms with van der Waals surface area (Å²) in [5.41, 5.74) is 1.47. The van der Waals surface area contributed by atoms with Crippen molar-refractivity contribution >= 4 is 45.0 Å². The van der Waals surface area contributed by atoms with E-state index in [0.717, 1.165) is 10.5 Å². The molecule has 3 rings (SSSR count). The van der Waals surface area contributed by atoms with Crippen LogP contribution in [0.4, 0.5) is 5.69 Å². The molecule has 5 nitrogen and oxygen atoms in total. The molecule has 0 saturated carbocycles. The topological polar surface area (TPSA) is 75.3 Å². The number of rotatable bonds is 8. The van der Waals surface area contributed by atoms with Crippen LogP contribution in [-0.4, -0.2) is 26.6 Å². The van der Waals surface area contributed by atoms with E-state index in [9.17, 15) is 13.2 Å². The predicted molar refractivity (Wildman–Crippen MR) is 123 cm³/mol. The number of benzene rings is 3. The van der Waals surface area contributed by atoms with Crippen LogP contribution in [0.3, 0.4) is 0 Å². The molecule has 0 aliphatic heterocycles. The van der Waals surface area contributed by atoms with Crippen molar-refractivity contribution < 1.29 is 13.2 Å². The SMILES string of the molecule is Cc1ccccc1NS(=O)(=O)c1cc(C(=O)NCCSc2ccccc2)ccc1Cl. The van der Waals surface area contributed by atoms with E-state index in [-0.39, 0.29) is 21.4 Å². The fraction of sp³-hybridized carbons (Fsp3) is 0.136. The maximum Gasteiger partial charge on any atom is 0.263 e. The molecule has 0 unspecified atom stereocenters. The number of hydrogen-bond donors (Lipinski definition) is 2. The molecule has 0 saturated heterocycles. The fourth-order valence-electron chi connectivity index (χ4n) is 2.69. The molecule has 8 heteroatoms. The van der Waals surface area contributed by atoms with Gasteiger partial charge in [-0.2, -0.15) is 0 Å². The van der Waals surface area contributed by atoms with Crippen LogP contribution < -0.4 is 10.0 Å². The van der Waals surface area contributed by atoms with Crippen LogP contribution in [-0.2, 0) is 10.0 Å². The maximum absolute atomic E-state index is 12.8. The zero-order valence-electron chi connectivity index (χ0n) is 16.3. The van der Waals surface area contributed by atoms with Crippen molar-refractivity contribution in [2.75, 3.05) is 17.0 Å². The van der Waals surface area contributed by atoms with Gasteiger partial charge in [-0.1, -0.05) is 48.0 Å². The van der Waals surface area contributed by atoms with Gasteiger partial charge in [0, 0.05) is 22.8 Å². The Kier molecular flexibility index (Phi) is 7.42. The Morgan fingerprint density at radius 3 is 2.43 bits per heavy atom. The van der Waals surface area contributed by atoms with Gasteiger partial charge in [-0.25, -0.2) is 8.42 Å². The van der Waals surface area contributed by atoms with E-state index in [4.69, 9.17) is 11.6 Å². The summed E-state index contributed by atoms with van der Waals surface area (Å²) in [6.45, 7) is 2.25. The maximum atomic E-state index is 12.8. The Bertz CT molecular complexity index is 1140. The van der Waals surface area contributed by atoms with E-state index >= 15 is 0 Å². The highest BCUT2D eigenvalue weighted by Gasteiger charge is 2.21. The van der Waals surface area contributed by atoms with Crippen LogP contribution in [0.5, 0.6) is 0 Å². The molecule has 0 heterocycles. The summed E-state index contributed by atoms with van der Waals surface area (Å²) in [6, 6.07) is 21.1. The van der Waals surface area contributed by atoms with E-state index in [2.05, 4.69) is 10.0 Å². The first-order valence-corrected chi connectivity index (χ1v) is 12.1. The Morgan fingerprint density at radius 2 is 1.70 bits per heavy atom. The zero-order chi connectivity index (χ0) is 21.6.